The summed E-state index contributed by atoms with van der Waals surface area (Å²) in [6, 6.07) is 45.6. The molecule has 0 bridgehead atoms. The van der Waals surface area contributed by atoms with Crippen molar-refractivity contribution in [1.29, 1.82) is 0 Å². The average molecular weight is 522 g/mol. The molecule has 0 saturated carbocycles. The average Bonchev–Trinajstić information content (AvgIpc) is 3.37. The fourth-order valence-corrected chi connectivity index (χ4v) is 6.79. The first-order valence-electron chi connectivity index (χ1n) is 13.9. The highest BCUT2D eigenvalue weighted by Crippen LogP contribution is 2.51. The van der Waals surface area contributed by atoms with Crippen LogP contribution in [-0.4, -0.2) is 14.5 Å². The van der Waals surface area contributed by atoms with Crippen LogP contribution in [0.2, 0.25) is 0 Å². The van der Waals surface area contributed by atoms with Gasteiger partial charge in [0.15, 0.2) is 0 Å². The van der Waals surface area contributed by atoms with Crippen LogP contribution in [0.4, 0.5) is 0 Å². The van der Waals surface area contributed by atoms with E-state index in [1.807, 2.05) is 18.5 Å². The van der Waals surface area contributed by atoms with Crippen molar-refractivity contribution in [3.63, 3.8) is 0 Å². The van der Waals surface area contributed by atoms with Crippen molar-refractivity contribution in [3.05, 3.63) is 140 Å². The van der Waals surface area contributed by atoms with Crippen LogP contribution in [-0.2, 0) is 0 Å². The first kappa shape index (κ1) is 22.3. The molecule has 0 spiro atoms. The molecule has 0 fully saturated rings. The molecule has 1 aliphatic rings. The number of benzene rings is 5. The number of nitrogens with zero attached hydrogens (tertiary/aromatic N) is 3. The third-order valence-corrected chi connectivity index (χ3v) is 8.46. The summed E-state index contributed by atoms with van der Waals surface area (Å²) in [6.07, 6.45) is 3.91. The molecular weight excluding hydrogens is 498 g/mol. The molecule has 0 saturated heterocycles. The van der Waals surface area contributed by atoms with Gasteiger partial charge in [-0.15, -0.1) is 0 Å². The van der Waals surface area contributed by atoms with Gasteiger partial charge < -0.3 is 4.57 Å². The molecule has 0 aliphatic heterocycles. The van der Waals surface area contributed by atoms with E-state index in [-0.39, 0.29) is 0 Å². The summed E-state index contributed by atoms with van der Waals surface area (Å²) in [5.41, 5.74) is 14.7. The Morgan fingerprint density at radius 2 is 1.00 bits per heavy atom. The van der Waals surface area contributed by atoms with Gasteiger partial charge in [0.25, 0.3) is 0 Å². The summed E-state index contributed by atoms with van der Waals surface area (Å²) in [4.78, 5) is 9.80. The van der Waals surface area contributed by atoms with Gasteiger partial charge in [-0.25, -0.2) is 0 Å². The molecule has 1 aliphatic carbocycles. The number of fused-ring (bicyclic) bond motifs is 13. The Morgan fingerprint density at radius 3 is 1.73 bits per heavy atom. The molecular formula is C38H23N3. The van der Waals surface area contributed by atoms with Crippen LogP contribution >= 0.6 is 0 Å². The highest BCUT2D eigenvalue weighted by Gasteiger charge is 2.27. The van der Waals surface area contributed by atoms with Crippen LogP contribution in [0, 0.1) is 0 Å². The van der Waals surface area contributed by atoms with Crippen molar-refractivity contribution < 1.29 is 0 Å². The van der Waals surface area contributed by atoms with Gasteiger partial charge in [0.05, 0.1) is 27.8 Å². The lowest BCUT2D eigenvalue weighted by molar-refractivity contribution is 1.18. The van der Waals surface area contributed by atoms with Gasteiger partial charge in [0.2, 0.25) is 0 Å². The molecule has 3 heterocycles. The molecule has 0 amide bonds. The highest BCUT2D eigenvalue weighted by molar-refractivity contribution is 6.13. The Balaban J connectivity index is 1.53. The summed E-state index contributed by atoms with van der Waals surface area (Å²) < 4.78 is 2.43. The van der Waals surface area contributed by atoms with Crippen LogP contribution in [0.3, 0.4) is 0 Å². The van der Waals surface area contributed by atoms with Crippen LogP contribution in [0.15, 0.2) is 140 Å². The Kier molecular flexibility index (Phi) is 4.61. The first-order valence-corrected chi connectivity index (χ1v) is 13.9. The Morgan fingerprint density at radius 1 is 0.415 bits per heavy atom. The smallest absolute Gasteiger partial charge is 0.0971 e. The molecule has 0 atom stereocenters. The Bertz CT molecular complexity index is 2270. The molecule has 190 valence electrons. The number of aromatic nitrogens is 3. The number of hydrogen-bond acceptors (Lipinski definition) is 2. The third kappa shape index (κ3) is 3.09. The van der Waals surface area contributed by atoms with Crippen LogP contribution in [0.25, 0.3) is 83.0 Å². The van der Waals surface area contributed by atoms with Crippen molar-refractivity contribution in [3.8, 4) is 50.2 Å². The van der Waals surface area contributed by atoms with E-state index in [0.717, 1.165) is 33.4 Å². The monoisotopic (exact) mass is 521 g/mol. The van der Waals surface area contributed by atoms with Crippen molar-refractivity contribution in [1.82, 2.24) is 14.5 Å². The topological polar surface area (TPSA) is 30.7 Å². The lowest BCUT2D eigenvalue weighted by Crippen LogP contribution is -2.04. The van der Waals surface area contributed by atoms with Crippen molar-refractivity contribution in [2.45, 2.75) is 0 Å². The Labute approximate surface area is 237 Å². The number of para-hydroxylation sites is 2. The molecule has 3 heteroatoms. The second-order valence-electron chi connectivity index (χ2n) is 10.6. The van der Waals surface area contributed by atoms with E-state index in [9.17, 15) is 0 Å². The van der Waals surface area contributed by atoms with Crippen molar-refractivity contribution in [2.24, 2.45) is 0 Å². The summed E-state index contributed by atoms with van der Waals surface area (Å²) in [5.74, 6) is 0. The Hall–Kier alpha value is -5.54. The molecule has 0 N–H and O–H groups in total. The largest absolute Gasteiger partial charge is 0.309 e. The molecule has 3 aromatic heterocycles. The van der Waals surface area contributed by atoms with E-state index in [1.54, 1.807) is 0 Å². The lowest BCUT2D eigenvalue weighted by Gasteiger charge is -2.26. The van der Waals surface area contributed by atoms with Crippen molar-refractivity contribution >= 4 is 32.8 Å². The highest BCUT2D eigenvalue weighted by atomic mass is 15.0. The minimum absolute atomic E-state index is 0.894. The summed E-state index contributed by atoms with van der Waals surface area (Å²) in [5, 5.41) is 2.50. The van der Waals surface area contributed by atoms with Gasteiger partial charge in [-0.05, 0) is 58.1 Å². The number of hydrogen-bond donors (Lipinski definition) is 0. The molecule has 41 heavy (non-hydrogen) atoms. The van der Waals surface area contributed by atoms with Gasteiger partial charge in [0, 0.05) is 39.9 Å². The molecule has 3 nitrogen and oxygen atoms in total. The number of pyridine rings is 2. The minimum atomic E-state index is 0.894. The van der Waals surface area contributed by atoms with Gasteiger partial charge >= 0.3 is 0 Å². The van der Waals surface area contributed by atoms with Crippen LogP contribution in [0.1, 0.15) is 0 Å². The summed E-state index contributed by atoms with van der Waals surface area (Å²) in [7, 11) is 0. The van der Waals surface area contributed by atoms with E-state index in [0.29, 0.717) is 0 Å². The summed E-state index contributed by atoms with van der Waals surface area (Å²) in [6.45, 7) is 0. The second-order valence-corrected chi connectivity index (χ2v) is 10.6. The van der Waals surface area contributed by atoms with Gasteiger partial charge in [-0.1, -0.05) is 97.1 Å². The maximum Gasteiger partial charge on any atom is 0.0971 e. The molecule has 5 aromatic carbocycles. The lowest BCUT2D eigenvalue weighted by atomic mass is 9.80. The SMILES string of the molecule is c1ccc2c(c1)-c1ccccc1-c1c(cccc1-n1c3ccccc3c3ccccc31)-c1c-2cnc2cccnc12. The van der Waals surface area contributed by atoms with Crippen LogP contribution < -0.4 is 0 Å². The standard InChI is InChI=1S/C38H23N3/c1-2-13-26-24(11-1)25-12-3-4-16-29(25)36-30(37-31(26)23-40-32-18-10-22-39-38(32)37)17-9-21-35(36)41-33-19-7-5-14-27(33)28-15-6-8-20-34(28)41/h1-23H. The van der Waals surface area contributed by atoms with Crippen LogP contribution in [0.5, 0.6) is 0 Å². The van der Waals surface area contributed by atoms with E-state index in [4.69, 9.17) is 9.97 Å². The normalized spacial score (nSPS) is 11.9. The molecule has 9 rings (SSSR count). The van der Waals surface area contributed by atoms with Crippen molar-refractivity contribution in [2.75, 3.05) is 0 Å². The van der Waals surface area contributed by atoms with Gasteiger partial charge in [-0.2, -0.15) is 0 Å². The zero-order chi connectivity index (χ0) is 26.9. The third-order valence-electron chi connectivity index (χ3n) is 8.46. The molecule has 8 aromatic rings. The minimum Gasteiger partial charge on any atom is -0.309 e. The van der Waals surface area contributed by atoms with E-state index >= 15 is 0 Å². The summed E-state index contributed by atoms with van der Waals surface area (Å²) >= 11 is 0. The van der Waals surface area contributed by atoms with E-state index in [1.165, 1.54) is 49.6 Å². The van der Waals surface area contributed by atoms with Gasteiger partial charge in [-0.3, -0.25) is 9.97 Å². The molecule has 0 radical (unpaired) electrons. The van der Waals surface area contributed by atoms with E-state index in [2.05, 4.69) is 126 Å². The fourth-order valence-electron chi connectivity index (χ4n) is 6.79. The zero-order valence-electron chi connectivity index (χ0n) is 22.1. The van der Waals surface area contributed by atoms with E-state index < -0.39 is 0 Å². The molecule has 0 unspecified atom stereocenters. The maximum atomic E-state index is 4.92. The first-order chi connectivity index (χ1) is 20.4. The predicted octanol–water partition coefficient (Wildman–Crippen LogP) is 9.71. The fraction of sp³-hybridized carbons (Fsp3) is 0. The predicted molar refractivity (Wildman–Crippen MR) is 169 cm³/mol. The second kappa shape index (κ2) is 8.48. The van der Waals surface area contributed by atoms with Gasteiger partial charge in [0.1, 0.15) is 0 Å². The number of rotatable bonds is 1. The maximum absolute atomic E-state index is 4.92. The quantitative estimate of drug-likeness (QED) is 0.215. The zero-order valence-corrected chi connectivity index (χ0v) is 22.1.